The zero-order chi connectivity index (χ0) is 17.9. The monoisotopic (exact) mass is 345 g/mol. The van der Waals surface area contributed by atoms with Crippen molar-refractivity contribution in [3.8, 4) is 0 Å². The van der Waals surface area contributed by atoms with Crippen LogP contribution in [0.25, 0.3) is 0 Å². The van der Waals surface area contributed by atoms with E-state index in [0.717, 1.165) is 16.7 Å². The Bertz CT molecular complexity index is 799. The maximum atomic E-state index is 12.5. The van der Waals surface area contributed by atoms with E-state index in [-0.39, 0.29) is 23.1 Å². The molecule has 5 heteroatoms. The first-order valence-electron chi connectivity index (χ1n) is 7.69. The number of hydrogen-bond acceptors (Lipinski definition) is 3. The van der Waals surface area contributed by atoms with Gasteiger partial charge in [-0.2, -0.15) is 0 Å². The van der Waals surface area contributed by atoms with Crippen molar-refractivity contribution in [3.63, 3.8) is 0 Å². The van der Waals surface area contributed by atoms with E-state index >= 15 is 0 Å². The van der Waals surface area contributed by atoms with Crippen molar-refractivity contribution in [2.75, 3.05) is 11.9 Å². The lowest BCUT2D eigenvalue weighted by molar-refractivity contribution is 0.0526. The Morgan fingerprint density at radius 2 is 1.67 bits per heavy atom. The van der Waals surface area contributed by atoms with E-state index in [1.54, 1.807) is 25.1 Å². The molecule has 2 aromatic carbocycles. The Kier molecular flexibility index (Phi) is 5.62. The number of amides is 1. The zero-order valence-electron chi connectivity index (χ0n) is 14.2. The highest BCUT2D eigenvalue weighted by Crippen LogP contribution is 2.23. The maximum absolute atomic E-state index is 12.5. The molecule has 0 radical (unpaired) electrons. The second-order valence-corrected chi connectivity index (χ2v) is 6.03. The quantitative estimate of drug-likeness (QED) is 0.817. The summed E-state index contributed by atoms with van der Waals surface area (Å²) in [6.45, 7) is 7.89. The van der Waals surface area contributed by atoms with Crippen LogP contribution in [-0.4, -0.2) is 18.5 Å². The lowest BCUT2D eigenvalue weighted by atomic mass is 10.0. The van der Waals surface area contributed by atoms with Gasteiger partial charge in [0.15, 0.2) is 0 Å². The summed E-state index contributed by atoms with van der Waals surface area (Å²) in [6.07, 6.45) is 0. The summed E-state index contributed by atoms with van der Waals surface area (Å²) in [5.74, 6) is -0.694. The first-order chi connectivity index (χ1) is 11.3. The van der Waals surface area contributed by atoms with Crippen LogP contribution in [0.3, 0.4) is 0 Å². The number of esters is 1. The van der Waals surface area contributed by atoms with Gasteiger partial charge in [0, 0.05) is 11.3 Å². The molecule has 0 saturated carbocycles. The Labute approximate surface area is 146 Å². The third-order valence-corrected chi connectivity index (χ3v) is 4.12. The van der Waals surface area contributed by atoms with Crippen LogP contribution in [0, 0.1) is 20.8 Å². The third kappa shape index (κ3) is 3.95. The van der Waals surface area contributed by atoms with Crippen molar-refractivity contribution in [2.45, 2.75) is 27.7 Å². The number of carbonyl (C=O) groups is 2. The van der Waals surface area contributed by atoms with Crippen molar-refractivity contribution >= 4 is 29.2 Å². The minimum Gasteiger partial charge on any atom is -0.462 e. The number of nitrogens with one attached hydrogen (secondary N) is 1. The number of hydrogen-bond donors (Lipinski definition) is 1. The largest absolute Gasteiger partial charge is 0.462 e. The predicted molar refractivity (Wildman–Crippen MR) is 96.0 cm³/mol. The van der Waals surface area contributed by atoms with E-state index in [9.17, 15) is 9.59 Å². The fraction of sp³-hybridized carbons (Fsp3) is 0.263. The lowest BCUT2D eigenvalue weighted by Gasteiger charge is -2.11. The van der Waals surface area contributed by atoms with Crippen LogP contribution in [0.4, 0.5) is 5.69 Å². The Balaban J connectivity index is 2.22. The molecule has 24 heavy (non-hydrogen) atoms. The molecule has 4 nitrogen and oxygen atoms in total. The Morgan fingerprint density at radius 1 is 1.00 bits per heavy atom. The first kappa shape index (κ1) is 18.0. The van der Waals surface area contributed by atoms with Gasteiger partial charge in [-0.3, -0.25) is 4.79 Å². The zero-order valence-corrected chi connectivity index (χ0v) is 15.0. The molecule has 0 heterocycles. The highest BCUT2D eigenvalue weighted by Gasteiger charge is 2.14. The topological polar surface area (TPSA) is 55.4 Å². The molecular formula is C19H20ClNO3. The molecule has 0 aliphatic rings. The van der Waals surface area contributed by atoms with Gasteiger partial charge in [0.25, 0.3) is 5.91 Å². The van der Waals surface area contributed by atoms with Crippen LogP contribution < -0.4 is 5.32 Å². The molecule has 0 aliphatic carbocycles. The van der Waals surface area contributed by atoms with Crippen LogP contribution in [0.5, 0.6) is 0 Å². The number of rotatable bonds is 4. The second kappa shape index (κ2) is 7.49. The van der Waals surface area contributed by atoms with Gasteiger partial charge in [0.05, 0.1) is 17.2 Å². The van der Waals surface area contributed by atoms with Crippen LogP contribution >= 0.6 is 11.6 Å². The van der Waals surface area contributed by atoms with E-state index in [2.05, 4.69) is 5.32 Å². The summed E-state index contributed by atoms with van der Waals surface area (Å²) in [5.41, 5.74) is 4.52. The van der Waals surface area contributed by atoms with Gasteiger partial charge in [-0.1, -0.05) is 17.7 Å². The molecule has 0 saturated heterocycles. The third-order valence-electron chi connectivity index (χ3n) is 3.81. The van der Waals surface area contributed by atoms with Gasteiger partial charge < -0.3 is 10.1 Å². The van der Waals surface area contributed by atoms with E-state index in [0.29, 0.717) is 11.3 Å². The number of halogens is 1. The van der Waals surface area contributed by atoms with Crippen molar-refractivity contribution in [2.24, 2.45) is 0 Å². The van der Waals surface area contributed by atoms with Crippen LogP contribution in [0.2, 0.25) is 5.02 Å². The van der Waals surface area contributed by atoms with Crippen molar-refractivity contribution < 1.29 is 14.3 Å². The van der Waals surface area contributed by atoms with Gasteiger partial charge in [0.1, 0.15) is 0 Å². The van der Waals surface area contributed by atoms with Crippen LogP contribution in [0.15, 0.2) is 30.3 Å². The summed E-state index contributed by atoms with van der Waals surface area (Å²) >= 11 is 6.11. The fourth-order valence-corrected chi connectivity index (χ4v) is 2.63. The first-order valence-corrected chi connectivity index (χ1v) is 8.07. The molecule has 0 bridgehead atoms. The molecule has 0 aliphatic heterocycles. The molecule has 2 rings (SSSR count). The van der Waals surface area contributed by atoms with Gasteiger partial charge in [0.2, 0.25) is 0 Å². The average Bonchev–Trinajstić information content (AvgIpc) is 2.51. The predicted octanol–water partition coefficient (Wildman–Crippen LogP) is 4.69. The Hall–Kier alpha value is -2.33. The number of carbonyl (C=O) groups excluding carboxylic acids is 2. The molecule has 0 unspecified atom stereocenters. The number of aryl methyl sites for hydroxylation is 3. The highest BCUT2D eigenvalue weighted by molar-refractivity contribution is 6.34. The van der Waals surface area contributed by atoms with Crippen molar-refractivity contribution in [1.29, 1.82) is 0 Å². The second-order valence-electron chi connectivity index (χ2n) is 5.62. The molecule has 1 N–H and O–H groups in total. The Morgan fingerprint density at radius 3 is 2.29 bits per heavy atom. The summed E-state index contributed by atoms with van der Waals surface area (Å²) in [4.78, 5) is 24.2. The summed E-state index contributed by atoms with van der Waals surface area (Å²) < 4.78 is 4.93. The van der Waals surface area contributed by atoms with Gasteiger partial charge in [-0.05, 0) is 68.7 Å². The SMILES string of the molecule is CCOC(=O)c1ccc(NC(=O)c2cc(C)c(C)cc2C)cc1Cl. The molecule has 0 atom stereocenters. The van der Waals surface area contributed by atoms with Crippen LogP contribution in [0.1, 0.15) is 44.3 Å². The lowest BCUT2D eigenvalue weighted by Crippen LogP contribution is -2.14. The average molecular weight is 346 g/mol. The summed E-state index contributed by atoms with van der Waals surface area (Å²) in [7, 11) is 0. The van der Waals surface area contributed by atoms with E-state index in [4.69, 9.17) is 16.3 Å². The molecular weight excluding hydrogens is 326 g/mol. The molecule has 1 amide bonds. The van der Waals surface area contributed by atoms with Gasteiger partial charge >= 0.3 is 5.97 Å². The summed E-state index contributed by atoms with van der Waals surface area (Å²) in [6, 6.07) is 8.58. The molecule has 0 fully saturated rings. The maximum Gasteiger partial charge on any atom is 0.339 e. The minimum atomic E-state index is -0.481. The fourth-order valence-electron chi connectivity index (χ4n) is 2.37. The number of anilines is 1. The number of ether oxygens (including phenoxy) is 1. The molecule has 0 aromatic heterocycles. The van der Waals surface area contributed by atoms with Gasteiger partial charge in [-0.15, -0.1) is 0 Å². The van der Waals surface area contributed by atoms with Crippen molar-refractivity contribution in [1.82, 2.24) is 0 Å². The van der Waals surface area contributed by atoms with E-state index < -0.39 is 5.97 Å². The van der Waals surface area contributed by atoms with E-state index in [1.165, 1.54) is 0 Å². The standard InChI is InChI=1S/C19H20ClNO3/c1-5-24-19(23)15-7-6-14(10-17(15)20)21-18(22)16-9-12(3)11(2)8-13(16)4/h6-10H,5H2,1-4H3,(H,21,22). The minimum absolute atomic E-state index is 0.212. The van der Waals surface area contributed by atoms with Crippen LogP contribution in [-0.2, 0) is 4.74 Å². The molecule has 126 valence electrons. The highest BCUT2D eigenvalue weighted by atomic mass is 35.5. The smallest absolute Gasteiger partial charge is 0.339 e. The summed E-state index contributed by atoms with van der Waals surface area (Å²) in [5, 5.41) is 3.05. The van der Waals surface area contributed by atoms with Gasteiger partial charge in [-0.25, -0.2) is 4.79 Å². The molecule has 0 spiro atoms. The molecule has 2 aromatic rings. The van der Waals surface area contributed by atoms with Crippen molar-refractivity contribution in [3.05, 3.63) is 63.2 Å². The van der Waals surface area contributed by atoms with E-state index in [1.807, 2.05) is 32.9 Å². The normalized spacial score (nSPS) is 10.4. The number of benzene rings is 2.